The van der Waals surface area contributed by atoms with E-state index in [-0.39, 0.29) is 43.3 Å². The number of nitrogens with two attached hydrogens (primary N) is 1. The van der Waals surface area contributed by atoms with E-state index in [2.05, 4.69) is 5.32 Å². The smallest absolute Gasteiger partial charge is 0.344 e. The van der Waals surface area contributed by atoms with Gasteiger partial charge in [-0.05, 0) is 42.0 Å². The molecule has 2 heterocycles. The van der Waals surface area contributed by atoms with Crippen LogP contribution in [0.25, 0.3) is 5.76 Å². The Morgan fingerprint density at radius 2 is 1.62 bits per heavy atom. The number of fused-ring (bicyclic) bond motifs is 1. The fraction of sp³-hybridized carbons (Fsp3) is 0.270. The van der Waals surface area contributed by atoms with Crippen LogP contribution in [0.1, 0.15) is 43.8 Å². The summed E-state index contributed by atoms with van der Waals surface area (Å²) >= 11 is 0. The number of nitrogens with zero attached hydrogens (tertiary/aromatic N) is 2. The lowest BCUT2D eigenvalue weighted by Gasteiger charge is -2.41. The summed E-state index contributed by atoms with van der Waals surface area (Å²) in [7, 11) is 2.66. The second-order valence-corrected chi connectivity index (χ2v) is 11.8. The number of carbonyl (C=O) groups is 6. The lowest BCUT2D eigenvalue weighted by Crippen LogP contribution is -2.63. The van der Waals surface area contributed by atoms with Crippen LogP contribution in [0.15, 0.2) is 78.9 Å². The highest BCUT2D eigenvalue weighted by Crippen LogP contribution is 2.29. The number of cyclic esters (lactones) is 1. The molecule has 5 rings (SSSR count). The minimum Gasteiger partial charge on any atom is -0.497 e. The van der Waals surface area contributed by atoms with Crippen LogP contribution < -0.4 is 15.8 Å². The quantitative estimate of drug-likeness (QED) is 0.101. The minimum absolute atomic E-state index is 0.0288. The van der Waals surface area contributed by atoms with Gasteiger partial charge >= 0.3 is 17.9 Å². The molecule has 270 valence electrons. The maximum Gasteiger partial charge on any atom is 0.344 e. The molecular weight excluding hydrogens is 674 g/mol. The van der Waals surface area contributed by atoms with Gasteiger partial charge in [0.05, 0.1) is 26.2 Å². The average Bonchev–Trinajstić information content (AvgIpc) is 3.47. The standard InChI is InChI=1S/C37H37N5O10/c1-49-25-13-7-22(8-14-25)19-28(40-34(45)24-11-9-23(10-12-24)33(38)39)35(46)42-17-16-41(36(47)29(42)20-31(43)50-2)21-32(44)51-18-15-30-26-5-3-4-6-27(26)37(48)52-30/h3-15,28-29H,16-21H2,1-2H3,(H3,38,39)(H,40,45)/t28-,29-/m0/s1. The fourth-order valence-corrected chi connectivity index (χ4v) is 5.79. The van der Waals surface area contributed by atoms with E-state index in [1.807, 2.05) is 0 Å². The summed E-state index contributed by atoms with van der Waals surface area (Å²) in [5, 5.41) is 10.4. The van der Waals surface area contributed by atoms with Gasteiger partial charge in [0.25, 0.3) is 5.91 Å². The van der Waals surface area contributed by atoms with Gasteiger partial charge in [0.1, 0.15) is 42.6 Å². The van der Waals surface area contributed by atoms with Crippen LogP contribution in [-0.2, 0) is 39.8 Å². The van der Waals surface area contributed by atoms with Gasteiger partial charge in [-0.3, -0.25) is 29.4 Å². The number of amidine groups is 1. The van der Waals surface area contributed by atoms with E-state index < -0.39 is 60.7 Å². The summed E-state index contributed by atoms with van der Waals surface area (Å²) in [6.07, 6.45) is 0.968. The van der Waals surface area contributed by atoms with Crippen molar-refractivity contribution in [3.63, 3.8) is 0 Å². The van der Waals surface area contributed by atoms with E-state index in [4.69, 9.17) is 30.1 Å². The summed E-state index contributed by atoms with van der Waals surface area (Å²) in [6, 6.07) is 17.1. The molecule has 0 aliphatic carbocycles. The van der Waals surface area contributed by atoms with Crippen molar-refractivity contribution in [1.82, 2.24) is 15.1 Å². The number of hydrogen-bond acceptors (Lipinski definition) is 11. The number of ether oxygens (including phenoxy) is 4. The number of methoxy groups -OCH3 is 2. The molecule has 1 saturated heterocycles. The van der Waals surface area contributed by atoms with Crippen LogP contribution in [0.3, 0.4) is 0 Å². The van der Waals surface area contributed by atoms with Crippen LogP contribution in [0.2, 0.25) is 0 Å². The van der Waals surface area contributed by atoms with Crippen molar-refractivity contribution in [2.75, 3.05) is 40.5 Å². The summed E-state index contributed by atoms with van der Waals surface area (Å²) in [6.45, 7) is -0.851. The zero-order valence-corrected chi connectivity index (χ0v) is 28.5. The summed E-state index contributed by atoms with van der Waals surface area (Å²) in [4.78, 5) is 81.2. The highest BCUT2D eigenvalue weighted by Gasteiger charge is 2.42. The molecule has 0 unspecified atom stereocenters. The lowest BCUT2D eigenvalue weighted by molar-refractivity contribution is -0.160. The molecule has 0 bridgehead atoms. The Morgan fingerprint density at radius 1 is 0.942 bits per heavy atom. The molecule has 4 N–H and O–H groups in total. The number of rotatable bonds is 13. The Morgan fingerprint density at radius 3 is 2.27 bits per heavy atom. The Balaban J connectivity index is 1.31. The molecule has 2 atom stereocenters. The normalized spacial score (nSPS) is 16.4. The first-order valence-electron chi connectivity index (χ1n) is 16.2. The molecule has 0 spiro atoms. The van der Waals surface area contributed by atoms with Gasteiger partial charge in [-0.1, -0.05) is 42.5 Å². The number of esters is 3. The Bertz CT molecular complexity index is 1910. The first-order chi connectivity index (χ1) is 25.0. The van der Waals surface area contributed by atoms with Crippen LogP contribution in [0.5, 0.6) is 5.75 Å². The van der Waals surface area contributed by atoms with Crippen LogP contribution in [0, 0.1) is 5.41 Å². The summed E-state index contributed by atoms with van der Waals surface area (Å²) in [5.74, 6) is -3.29. The molecule has 15 nitrogen and oxygen atoms in total. The number of amides is 3. The zero-order chi connectivity index (χ0) is 37.4. The van der Waals surface area contributed by atoms with E-state index in [0.717, 1.165) is 7.11 Å². The molecule has 0 saturated carbocycles. The van der Waals surface area contributed by atoms with Crippen LogP contribution in [-0.4, -0.2) is 104 Å². The van der Waals surface area contributed by atoms with Gasteiger partial charge < -0.3 is 39.8 Å². The Kier molecular flexibility index (Phi) is 11.6. The first kappa shape index (κ1) is 36.8. The molecule has 2 aliphatic rings. The van der Waals surface area contributed by atoms with E-state index in [9.17, 15) is 28.8 Å². The third-order valence-electron chi connectivity index (χ3n) is 8.56. The third-order valence-corrected chi connectivity index (χ3v) is 8.56. The predicted molar refractivity (Wildman–Crippen MR) is 185 cm³/mol. The highest BCUT2D eigenvalue weighted by molar-refractivity contribution is 6.03. The molecule has 3 aromatic carbocycles. The van der Waals surface area contributed by atoms with Crippen molar-refractivity contribution in [3.05, 3.63) is 107 Å². The van der Waals surface area contributed by atoms with E-state index in [1.165, 1.54) is 47.3 Å². The fourth-order valence-electron chi connectivity index (χ4n) is 5.79. The second-order valence-electron chi connectivity index (χ2n) is 11.8. The number of nitrogens with one attached hydrogen (secondary N) is 2. The third kappa shape index (κ3) is 8.61. The van der Waals surface area contributed by atoms with Gasteiger partial charge in [0, 0.05) is 36.2 Å². The van der Waals surface area contributed by atoms with Crippen molar-refractivity contribution in [2.45, 2.75) is 24.9 Å². The van der Waals surface area contributed by atoms with Crippen LogP contribution >= 0.6 is 0 Å². The molecule has 2 aliphatic heterocycles. The molecule has 52 heavy (non-hydrogen) atoms. The number of carbonyl (C=O) groups excluding carboxylic acids is 6. The monoisotopic (exact) mass is 711 g/mol. The lowest BCUT2D eigenvalue weighted by atomic mass is 10.0. The molecule has 3 amide bonds. The van der Waals surface area contributed by atoms with Gasteiger partial charge in [-0.15, -0.1) is 0 Å². The first-order valence-corrected chi connectivity index (χ1v) is 16.2. The molecule has 15 heteroatoms. The van der Waals surface area contributed by atoms with Gasteiger partial charge in [-0.25, -0.2) is 4.79 Å². The van der Waals surface area contributed by atoms with Crippen molar-refractivity contribution in [3.8, 4) is 5.75 Å². The highest BCUT2D eigenvalue weighted by atomic mass is 16.6. The number of benzene rings is 3. The number of hydrogen-bond donors (Lipinski definition) is 3. The van der Waals surface area contributed by atoms with Crippen molar-refractivity contribution in [1.29, 1.82) is 5.41 Å². The molecule has 1 fully saturated rings. The van der Waals surface area contributed by atoms with Gasteiger partial charge in [-0.2, -0.15) is 0 Å². The topological polar surface area (TPSA) is 208 Å². The average molecular weight is 712 g/mol. The zero-order valence-electron chi connectivity index (χ0n) is 28.5. The second kappa shape index (κ2) is 16.5. The van der Waals surface area contributed by atoms with E-state index in [0.29, 0.717) is 28.0 Å². The van der Waals surface area contributed by atoms with Crippen LogP contribution in [0.4, 0.5) is 0 Å². The SMILES string of the molecule is COC(=O)C[C@H]1C(=O)N(CC(=O)OCC=C2OC(=O)c3ccccc32)CCN1C(=O)[C@H](Cc1ccc(OC)cc1)NC(=O)c1ccc(C(=N)N)cc1. The van der Waals surface area contributed by atoms with E-state index in [1.54, 1.807) is 48.5 Å². The van der Waals surface area contributed by atoms with Gasteiger partial charge in [0.15, 0.2) is 0 Å². The molecule has 3 aromatic rings. The number of piperazine rings is 1. The molecule has 0 aromatic heterocycles. The minimum atomic E-state index is -1.34. The Hall–Kier alpha value is -6.51. The summed E-state index contributed by atoms with van der Waals surface area (Å²) < 4.78 is 20.6. The number of nitrogen functional groups attached to an aromatic ring is 1. The van der Waals surface area contributed by atoms with Crippen molar-refractivity contribution < 1.29 is 47.7 Å². The predicted octanol–water partition coefficient (Wildman–Crippen LogP) is 1.68. The largest absolute Gasteiger partial charge is 0.497 e. The maximum atomic E-state index is 14.3. The van der Waals surface area contributed by atoms with Crippen molar-refractivity contribution in [2.24, 2.45) is 5.73 Å². The van der Waals surface area contributed by atoms with Crippen molar-refractivity contribution >= 4 is 47.2 Å². The van der Waals surface area contributed by atoms with E-state index >= 15 is 0 Å². The maximum absolute atomic E-state index is 14.3. The molecular formula is C37H37N5O10. The summed E-state index contributed by atoms with van der Waals surface area (Å²) in [5.41, 5.74) is 7.79. The molecule has 0 radical (unpaired) electrons. The van der Waals surface area contributed by atoms with Gasteiger partial charge in [0.2, 0.25) is 11.8 Å². The Labute approximate surface area is 298 Å².